The van der Waals surface area contributed by atoms with Gasteiger partial charge in [0, 0.05) is 30.5 Å². The molecule has 32 heavy (non-hydrogen) atoms. The topological polar surface area (TPSA) is 115 Å². The highest BCUT2D eigenvalue weighted by atomic mass is 32.1. The van der Waals surface area contributed by atoms with Gasteiger partial charge in [0.05, 0.1) is 29.6 Å². The van der Waals surface area contributed by atoms with Crippen LogP contribution in [0.4, 0.5) is 5.69 Å². The molecule has 1 fully saturated rings. The zero-order chi connectivity index (χ0) is 22.8. The fourth-order valence-electron chi connectivity index (χ4n) is 4.15. The summed E-state index contributed by atoms with van der Waals surface area (Å²) in [5, 5.41) is 5.67. The van der Waals surface area contributed by atoms with E-state index in [-0.39, 0.29) is 29.3 Å². The zero-order valence-corrected chi connectivity index (χ0v) is 18.6. The zero-order valence-electron chi connectivity index (χ0n) is 17.8. The van der Waals surface area contributed by atoms with Crippen LogP contribution in [0, 0.1) is 5.92 Å². The van der Waals surface area contributed by atoms with Crippen molar-refractivity contribution in [2.75, 3.05) is 19.0 Å². The van der Waals surface area contributed by atoms with Gasteiger partial charge in [-0.3, -0.25) is 19.4 Å². The van der Waals surface area contributed by atoms with Gasteiger partial charge in [0.1, 0.15) is 0 Å². The van der Waals surface area contributed by atoms with Crippen LogP contribution in [0.25, 0.3) is 10.1 Å². The second-order valence-electron chi connectivity index (χ2n) is 7.96. The quantitative estimate of drug-likeness (QED) is 0.591. The fourth-order valence-corrected chi connectivity index (χ4v) is 4.93. The first-order chi connectivity index (χ1) is 15.4. The monoisotopic (exact) mass is 452 g/mol. The first-order valence-corrected chi connectivity index (χ1v) is 11.1. The number of hydrogen-bond acceptors (Lipinski definition) is 6. The molecule has 1 aliphatic rings. The number of piperidine rings is 1. The summed E-state index contributed by atoms with van der Waals surface area (Å²) in [4.78, 5) is 42.9. The largest absolute Gasteiger partial charge is 0.381 e. The lowest BCUT2D eigenvalue weighted by atomic mass is 9.87. The van der Waals surface area contributed by atoms with Crippen molar-refractivity contribution in [3.8, 4) is 0 Å². The number of nitrogens with one attached hydrogen (secondary N) is 1. The Kier molecular flexibility index (Phi) is 6.20. The highest BCUT2D eigenvalue weighted by molar-refractivity contribution is 7.17. The Morgan fingerprint density at radius 2 is 2.03 bits per heavy atom. The van der Waals surface area contributed by atoms with E-state index in [1.54, 1.807) is 23.3 Å². The van der Waals surface area contributed by atoms with Crippen molar-refractivity contribution in [3.05, 3.63) is 59.2 Å². The molecule has 1 aromatic carbocycles. The number of nitrogens with two attached hydrogens (primary N) is 1. The van der Waals surface area contributed by atoms with Crippen molar-refractivity contribution in [2.24, 2.45) is 11.7 Å². The summed E-state index contributed by atoms with van der Waals surface area (Å²) in [5.74, 6) is -2.04. The maximum absolute atomic E-state index is 13.2. The summed E-state index contributed by atoms with van der Waals surface area (Å²) in [6.45, 7) is 2.39. The number of ether oxygens (including phenoxy) is 1. The van der Waals surface area contributed by atoms with Gasteiger partial charge < -0.3 is 20.7 Å². The molecule has 1 aliphatic heterocycles. The first-order valence-electron chi connectivity index (χ1n) is 10.2. The van der Waals surface area contributed by atoms with Crippen molar-refractivity contribution < 1.29 is 19.1 Å². The maximum Gasteiger partial charge on any atom is 0.313 e. The molecule has 3 N–H and O–H groups in total. The van der Waals surface area contributed by atoms with Gasteiger partial charge in [0.15, 0.2) is 0 Å². The van der Waals surface area contributed by atoms with Gasteiger partial charge in [-0.15, -0.1) is 11.3 Å². The minimum absolute atomic E-state index is 0.0262. The van der Waals surface area contributed by atoms with Gasteiger partial charge in [-0.1, -0.05) is 13.0 Å². The molecule has 2 aromatic heterocycles. The summed E-state index contributed by atoms with van der Waals surface area (Å²) in [5.41, 5.74) is 6.61. The number of benzene rings is 1. The number of anilines is 1. The third kappa shape index (κ3) is 4.35. The number of pyridine rings is 1. The van der Waals surface area contributed by atoms with Crippen LogP contribution in [0.5, 0.6) is 0 Å². The number of carbonyl (C=O) groups excluding carboxylic acids is 3. The molecule has 4 rings (SSSR count). The van der Waals surface area contributed by atoms with Crippen molar-refractivity contribution in [1.82, 2.24) is 9.88 Å². The number of likely N-dealkylation sites (tertiary alicyclic amines) is 1. The smallest absolute Gasteiger partial charge is 0.313 e. The van der Waals surface area contributed by atoms with Crippen LogP contribution in [-0.2, 0) is 14.3 Å². The molecule has 3 amide bonds. The van der Waals surface area contributed by atoms with Crippen LogP contribution in [0.1, 0.15) is 35.3 Å². The van der Waals surface area contributed by atoms with E-state index in [0.717, 1.165) is 10.9 Å². The third-order valence-corrected chi connectivity index (χ3v) is 6.75. The molecular formula is C23H24N4O4S. The summed E-state index contributed by atoms with van der Waals surface area (Å²) in [6, 6.07) is 9.25. The van der Waals surface area contributed by atoms with E-state index in [2.05, 4.69) is 16.4 Å². The SMILES string of the molecule is CO[C@H]1C[C@H](c2ccc3sccc3c2)N(C(=O)C(=O)Nc2cncc(C(N)=O)c2)C[C@H]1C. The molecule has 1 saturated heterocycles. The number of aromatic nitrogens is 1. The normalized spacial score (nSPS) is 20.8. The van der Waals surface area contributed by atoms with Crippen molar-refractivity contribution in [1.29, 1.82) is 0 Å². The second-order valence-corrected chi connectivity index (χ2v) is 8.91. The summed E-state index contributed by atoms with van der Waals surface area (Å²) in [7, 11) is 1.67. The number of primary amides is 1. The van der Waals surface area contributed by atoms with Gasteiger partial charge in [-0.05, 0) is 47.0 Å². The Morgan fingerprint density at radius 1 is 1.22 bits per heavy atom. The Hall–Kier alpha value is -3.30. The molecule has 3 aromatic rings. The first kappa shape index (κ1) is 21.9. The molecule has 8 nitrogen and oxygen atoms in total. The Labute approximate surface area is 189 Å². The molecule has 0 spiro atoms. The lowest BCUT2D eigenvalue weighted by Crippen LogP contribution is -2.50. The third-order valence-electron chi connectivity index (χ3n) is 5.85. The van der Waals surface area contributed by atoms with E-state index in [1.807, 2.05) is 30.5 Å². The van der Waals surface area contributed by atoms with Crippen molar-refractivity contribution in [3.63, 3.8) is 0 Å². The fraction of sp³-hybridized carbons (Fsp3) is 0.304. The Morgan fingerprint density at radius 3 is 2.78 bits per heavy atom. The number of thiophene rings is 1. The number of amides is 3. The summed E-state index contributed by atoms with van der Waals surface area (Å²) < 4.78 is 6.82. The molecule has 3 heterocycles. The average molecular weight is 453 g/mol. The van der Waals surface area contributed by atoms with Crippen LogP contribution in [0.3, 0.4) is 0 Å². The van der Waals surface area contributed by atoms with E-state index in [1.165, 1.54) is 23.2 Å². The van der Waals surface area contributed by atoms with E-state index in [9.17, 15) is 14.4 Å². The average Bonchev–Trinajstić information content (AvgIpc) is 3.26. The number of fused-ring (bicyclic) bond motifs is 1. The molecule has 0 bridgehead atoms. The minimum atomic E-state index is -0.793. The van der Waals surface area contributed by atoms with Gasteiger partial charge in [-0.25, -0.2) is 0 Å². The predicted molar refractivity (Wildman–Crippen MR) is 122 cm³/mol. The van der Waals surface area contributed by atoms with Crippen LogP contribution >= 0.6 is 11.3 Å². The van der Waals surface area contributed by atoms with Gasteiger partial charge in [-0.2, -0.15) is 0 Å². The molecule has 0 radical (unpaired) electrons. The standard InChI is InChI=1S/C23H24N4O4S/c1-13-12-27(23(30)22(29)26-17-8-16(21(24)28)10-25-11-17)18(9-19(13)31-2)14-3-4-20-15(7-14)5-6-32-20/h3-8,10-11,13,18-19H,9,12H2,1-2H3,(H2,24,28)(H,26,29)/t13-,18-,19+/m1/s1. The molecule has 0 unspecified atom stereocenters. The van der Waals surface area contributed by atoms with Gasteiger partial charge >= 0.3 is 11.8 Å². The van der Waals surface area contributed by atoms with Crippen molar-refractivity contribution >= 4 is 44.8 Å². The molecule has 3 atom stereocenters. The van der Waals surface area contributed by atoms with Crippen molar-refractivity contribution in [2.45, 2.75) is 25.5 Å². The van der Waals surface area contributed by atoms with Crippen LogP contribution in [-0.4, -0.2) is 47.4 Å². The lowest BCUT2D eigenvalue weighted by molar-refractivity contribution is -0.149. The molecule has 0 aliphatic carbocycles. The Balaban J connectivity index is 1.60. The van der Waals surface area contributed by atoms with Crippen LogP contribution in [0.2, 0.25) is 0 Å². The molecule has 166 valence electrons. The number of methoxy groups -OCH3 is 1. The van der Waals surface area contributed by atoms with Gasteiger partial charge in [0.2, 0.25) is 5.91 Å². The molecular weight excluding hydrogens is 428 g/mol. The highest BCUT2D eigenvalue weighted by Crippen LogP contribution is 2.36. The van der Waals surface area contributed by atoms with Crippen LogP contribution in [0.15, 0.2) is 48.1 Å². The number of nitrogens with zero attached hydrogens (tertiary/aromatic N) is 2. The molecule has 9 heteroatoms. The van der Waals surface area contributed by atoms with E-state index in [0.29, 0.717) is 13.0 Å². The predicted octanol–water partition coefficient (Wildman–Crippen LogP) is 2.96. The van der Waals surface area contributed by atoms with E-state index >= 15 is 0 Å². The Bertz CT molecular complexity index is 1180. The maximum atomic E-state index is 13.2. The number of rotatable bonds is 4. The van der Waals surface area contributed by atoms with E-state index < -0.39 is 17.7 Å². The summed E-state index contributed by atoms with van der Waals surface area (Å²) in [6.07, 6.45) is 3.22. The second kappa shape index (κ2) is 9.05. The van der Waals surface area contributed by atoms with Crippen LogP contribution < -0.4 is 11.1 Å². The number of hydrogen-bond donors (Lipinski definition) is 2. The molecule has 0 saturated carbocycles. The number of carbonyl (C=O) groups is 3. The highest BCUT2D eigenvalue weighted by Gasteiger charge is 2.39. The van der Waals surface area contributed by atoms with E-state index in [4.69, 9.17) is 10.5 Å². The lowest BCUT2D eigenvalue weighted by Gasteiger charge is -2.42. The summed E-state index contributed by atoms with van der Waals surface area (Å²) >= 11 is 1.66. The van der Waals surface area contributed by atoms with Gasteiger partial charge in [0.25, 0.3) is 0 Å². The minimum Gasteiger partial charge on any atom is -0.381 e.